The molecule has 3 aromatic heterocycles. The van der Waals surface area contributed by atoms with Crippen LogP contribution in [0.2, 0.25) is 0 Å². The number of pyridine rings is 1. The first kappa shape index (κ1) is 21.7. The van der Waals surface area contributed by atoms with Crippen molar-refractivity contribution < 1.29 is 4.79 Å². The molecule has 0 aliphatic carbocycles. The number of anilines is 1. The Hall–Kier alpha value is -4.79. The number of H-pyrrole nitrogens is 2. The molecule has 1 aliphatic rings. The summed E-state index contributed by atoms with van der Waals surface area (Å²) in [6, 6.07) is 11.5. The monoisotopic (exact) mass is 477 g/mol. The van der Waals surface area contributed by atoms with E-state index in [0.29, 0.717) is 41.9 Å². The van der Waals surface area contributed by atoms with Gasteiger partial charge in [-0.2, -0.15) is 5.10 Å². The number of nitrogens with one attached hydrogen (secondary N) is 2. The minimum absolute atomic E-state index is 0.0364. The molecule has 0 radical (unpaired) electrons. The van der Waals surface area contributed by atoms with Crippen LogP contribution >= 0.6 is 0 Å². The van der Waals surface area contributed by atoms with Gasteiger partial charge in [-0.25, -0.2) is 4.98 Å². The van der Waals surface area contributed by atoms with Crippen LogP contribution in [-0.4, -0.2) is 49.0 Å². The molecule has 9 nitrogen and oxygen atoms in total. The van der Waals surface area contributed by atoms with Crippen LogP contribution < -0.4 is 11.3 Å². The van der Waals surface area contributed by atoms with Crippen LogP contribution in [0.15, 0.2) is 65.9 Å². The van der Waals surface area contributed by atoms with Crippen molar-refractivity contribution >= 4 is 39.0 Å². The van der Waals surface area contributed by atoms with E-state index in [1.165, 1.54) is 0 Å². The number of amides is 1. The van der Waals surface area contributed by atoms with Gasteiger partial charge in [-0.15, -0.1) is 0 Å². The van der Waals surface area contributed by atoms with E-state index in [2.05, 4.69) is 20.2 Å². The molecule has 6 rings (SSSR count). The van der Waals surface area contributed by atoms with E-state index in [1.807, 2.05) is 30.3 Å². The number of nitrogens with zero attached hydrogens (tertiary/aromatic N) is 4. The van der Waals surface area contributed by atoms with Gasteiger partial charge in [0.2, 0.25) is 5.91 Å². The molecule has 9 heteroatoms. The molecular formula is C27H23N7O2. The Bertz CT molecular complexity index is 1730. The summed E-state index contributed by atoms with van der Waals surface area (Å²) in [5, 5.41) is 8.42. The summed E-state index contributed by atoms with van der Waals surface area (Å²) in [6.07, 6.45) is 7.75. The second kappa shape index (κ2) is 8.46. The van der Waals surface area contributed by atoms with Crippen molar-refractivity contribution in [1.29, 1.82) is 0 Å². The van der Waals surface area contributed by atoms with Crippen molar-refractivity contribution in [3.05, 3.63) is 77.0 Å². The number of carbonyl (C=O) groups is 1. The molecule has 0 fully saturated rings. The van der Waals surface area contributed by atoms with Gasteiger partial charge in [-0.3, -0.25) is 19.7 Å². The van der Waals surface area contributed by atoms with Gasteiger partial charge in [0.05, 0.1) is 28.3 Å². The van der Waals surface area contributed by atoms with Crippen molar-refractivity contribution in [2.45, 2.75) is 13.3 Å². The molecule has 36 heavy (non-hydrogen) atoms. The molecule has 4 N–H and O–H groups in total. The highest BCUT2D eigenvalue weighted by Crippen LogP contribution is 2.39. The van der Waals surface area contributed by atoms with Gasteiger partial charge in [0.15, 0.2) is 0 Å². The zero-order valence-corrected chi connectivity index (χ0v) is 19.6. The smallest absolute Gasteiger partial charge is 0.261 e. The second-order valence-electron chi connectivity index (χ2n) is 8.84. The minimum Gasteiger partial charge on any atom is -0.398 e. The summed E-state index contributed by atoms with van der Waals surface area (Å²) in [4.78, 5) is 39.0. The first-order valence-corrected chi connectivity index (χ1v) is 11.7. The zero-order chi connectivity index (χ0) is 24.8. The summed E-state index contributed by atoms with van der Waals surface area (Å²) in [5.41, 5.74) is 12.4. The lowest BCUT2D eigenvalue weighted by Gasteiger charge is -2.26. The van der Waals surface area contributed by atoms with Crippen molar-refractivity contribution in [3.8, 4) is 22.5 Å². The molecule has 0 atom stereocenters. The fraction of sp³-hybridized carbons (Fsp3) is 0.148. The van der Waals surface area contributed by atoms with Gasteiger partial charge in [0, 0.05) is 54.5 Å². The highest BCUT2D eigenvalue weighted by atomic mass is 16.2. The first-order valence-electron chi connectivity index (χ1n) is 11.7. The van der Waals surface area contributed by atoms with Gasteiger partial charge in [0.25, 0.3) is 5.56 Å². The molecule has 0 bridgehead atoms. The molecule has 1 amide bonds. The Morgan fingerprint density at radius 3 is 2.69 bits per heavy atom. The number of hydrogen-bond donors (Lipinski definition) is 3. The maximum atomic E-state index is 13.5. The zero-order valence-electron chi connectivity index (χ0n) is 19.6. The van der Waals surface area contributed by atoms with E-state index in [4.69, 9.17) is 10.7 Å². The molecule has 2 aromatic carbocycles. The summed E-state index contributed by atoms with van der Waals surface area (Å²) in [7, 11) is 0. The molecule has 178 valence electrons. The Balaban J connectivity index is 1.65. The van der Waals surface area contributed by atoms with Crippen LogP contribution in [0, 0.1) is 0 Å². The normalized spacial score (nSPS) is 13.8. The number of fused-ring (bicyclic) bond motifs is 2. The van der Waals surface area contributed by atoms with E-state index in [-0.39, 0.29) is 11.5 Å². The highest BCUT2D eigenvalue weighted by molar-refractivity contribution is 6.08. The van der Waals surface area contributed by atoms with Crippen LogP contribution in [-0.2, 0) is 4.79 Å². The number of aromatic nitrogens is 5. The fourth-order valence-corrected chi connectivity index (χ4v) is 4.86. The lowest BCUT2D eigenvalue weighted by atomic mass is 9.90. The third-order valence-electron chi connectivity index (χ3n) is 6.75. The Morgan fingerprint density at radius 2 is 1.94 bits per heavy atom. The number of hydrogen-bond acceptors (Lipinski definition) is 6. The Kier molecular flexibility index (Phi) is 5.10. The van der Waals surface area contributed by atoms with E-state index in [9.17, 15) is 9.59 Å². The van der Waals surface area contributed by atoms with Gasteiger partial charge in [-0.1, -0.05) is 18.2 Å². The molecule has 0 spiro atoms. The average Bonchev–Trinajstić information content (AvgIpc) is 3.39. The molecule has 0 saturated carbocycles. The summed E-state index contributed by atoms with van der Waals surface area (Å²) >= 11 is 0. The Labute approximate surface area is 205 Å². The van der Waals surface area contributed by atoms with Crippen molar-refractivity contribution in [2.75, 3.05) is 18.8 Å². The van der Waals surface area contributed by atoms with E-state index in [0.717, 1.165) is 38.7 Å². The summed E-state index contributed by atoms with van der Waals surface area (Å²) in [6.45, 7) is 2.67. The van der Waals surface area contributed by atoms with E-state index < -0.39 is 0 Å². The van der Waals surface area contributed by atoms with Crippen molar-refractivity contribution in [3.63, 3.8) is 0 Å². The molecular weight excluding hydrogens is 454 g/mol. The highest BCUT2D eigenvalue weighted by Gasteiger charge is 2.23. The maximum absolute atomic E-state index is 13.5. The van der Waals surface area contributed by atoms with Crippen LogP contribution in [0.3, 0.4) is 0 Å². The van der Waals surface area contributed by atoms with Crippen LogP contribution in [0.5, 0.6) is 0 Å². The molecule has 5 aromatic rings. The van der Waals surface area contributed by atoms with E-state index in [1.54, 1.807) is 42.5 Å². The minimum atomic E-state index is -0.312. The largest absolute Gasteiger partial charge is 0.398 e. The maximum Gasteiger partial charge on any atom is 0.261 e. The standard InChI is InChI=1S/C27H23N7O2/c1-15(35)34-11-7-16(8-12-34)19-13-20(18-3-2-4-22-21(18)14-30-33-22)24(28)23-25(19)31-26(32-27(23)36)17-5-9-29-10-6-17/h2-7,9-10,13-14H,8,11-12,28H2,1H3,(H,30,33)(H,31,32,36). The Morgan fingerprint density at radius 1 is 1.11 bits per heavy atom. The molecule has 4 heterocycles. The van der Waals surface area contributed by atoms with Crippen LogP contribution in [0.1, 0.15) is 18.9 Å². The fourth-order valence-electron chi connectivity index (χ4n) is 4.86. The van der Waals surface area contributed by atoms with Crippen molar-refractivity contribution in [1.82, 2.24) is 30.0 Å². The van der Waals surface area contributed by atoms with Gasteiger partial charge < -0.3 is 15.6 Å². The predicted octanol–water partition coefficient (Wildman–Crippen LogP) is 3.75. The molecule has 0 saturated heterocycles. The van der Waals surface area contributed by atoms with E-state index >= 15 is 0 Å². The first-order chi connectivity index (χ1) is 17.5. The van der Waals surface area contributed by atoms with Crippen molar-refractivity contribution in [2.24, 2.45) is 0 Å². The average molecular weight is 478 g/mol. The van der Waals surface area contributed by atoms with Gasteiger partial charge in [0.1, 0.15) is 5.82 Å². The molecule has 1 aliphatic heterocycles. The summed E-state index contributed by atoms with van der Waals surface area (Å²) < 4.78 is 0. The lowest BCUT2D eigenvalue weighted by molar-refractivity contribution is -0.128. The number of benzene rings is 2. The third kappa shape index (κ3) is 3.52. The molecule has 0 unspecified atom stereocenters. The predicted molar refractivity (Wildman–Crippen MR) is 140 cm³/mol. The van der Waals surface area contributed by atoms with Crippen LogP contribution in [0.25, 0.3) is 49.9 Å². The second-order valence-corrected chi connectivity index (χ2v) is 8.84. The number of rotatable bonds is 3. The topological polar surface area (TPSA) is 134 Å². The van der Waals surface area contributed by atoms with Gasteiger partial charge in [-0.05, 0) is 41.8 Å². The number of nitrogens with two attached hydrogens (primary N) is 1. The lowest BCUT2D eigenvalue weighted by Crippen LogP contribution is -2.32. The SMILES string of the molecule is CC(=O)N1CC=C(c2cc(-c3cccc4[nH]ncc34)c(N)c3c(=O)[nH]c(-c4ccncc4)nc23)CC1. The third-order valence-corrected chi connectivity index (χ3v) is 6.75. The number of nitrogen functional groups attached to an aromatic ring is 1. The number of aromatic amines is 2. The number of carbonyl (C=O) groups excluding carboxylic acids is 1. The van der Waals surface area contributed by atoms with Crippen LogP contribution in [0.4, 0.5) is 5.69 Å². The summed E-state index contributed by atoms with van der Waals surface area (Å²) in [5.74, 6) is 0.483. The quantitative estimate of drug-likeness (QED) is 0.339. The van der Waals surface area contributed by atoms with Gasteiger partial charge >= 0.3 is 0 Å².